The van der Waals surface area contributed by atoms with Crippen molar-refractivity contribution in [3.8, 4) is 0 Å². The Morgan fingerprint density at radius 2 is 1.81 bits per heavy atom. The van der Waals surface area contributed by atoms with Gasteiger partial charge in [-0.15, -0.1) is 0 Å². The number of aliphatic carboxylic acids is 1. The molecule has 92 valence electrons. The van der Waals surface area contributed by atoms with Crippen molar-refractivity contribution in [1.29, 1.82) is 0 Å². The Bertz CT molecular complexity index is 289. The van der Waals surface area contributed by atoms with Gasteiger partial charge in [-0.2, -0.15) is 0 Å². The molecule has 0 heterocycles. The summed E-state index contributed by atoms with van der Waals surface area (Å²) in [5, 5.41) is 11.9. The third-order valence-electron chi connectivity index (χ3n) is 3.07. The van der Waals surface area contributed by atoms with Crippen molar-refractivity contribution in [3.05, 3.63) is 0 Å². The zero-order chi connectivity index (χ0) is 12.5. The van der Waals surface area contributed by atoms with Gasteiger partial charge in [0.1, 0.15) is 5.92 Å². The third kappa shape index (κ3) is 3.22. The van der Waals surface area contributed by atoms with Gasteiger partial charge in [0.2, 0.25) is 5.91 Å². The van der Waals surface area contributed by atoms with Crippen LogP contribution in [0.25, 0.3) is 0 Å². The average molecular weight is 227 g/mol. The molecule has 2 unspecified atom stereocenters. The highest BCUT2D eigenvalue weighted by Gasteiger charge is 2.39. The first kappa shape index (κ1) is 13.0. The maximum Gasteiger partial charge on any atom is 0.316 e. The van der Waals surface area contributed by atoms with Gasteiger partial charge in [0.05, 0.1) is 0 Å². The second-order valence-corrected chi connectivity index (χ2v) is 5.77. The fourth-order valence-corrected chi connectivity index (χ4v) is 1.90. The van der Waals surface area contributed by atoms with Crippen molar-refractivity contribution < 1.29 is 14.7 Å². The van der Waals surface area contributed by atoms with Crippen LogP contribution >= 0.6 is 0 Å². The monoisotopic (exact) mass is 227 g/mol. The molecule has 0 spiro atoms. The minimum absolute atomic E-state index is 0.0942. The molecule has 0 aliphatic heterocycles. The van der Waals surface area contributed by atoms with E-state index in [2.05, 4.69) is 5.32 Å². The number of hydrogen-bond acceptors (Lipinski definition) is 2. The van der Waals surface area contributed by atoms with Crippen molar-refractivity contribution in [1.82, 2.24) is 5.32 Å². The molecule has 4 heteroatoms. The molecule has 0 aromatic heterocycles. The first-order valence-corrected chi connectivity index (χ1v) is 5.76. The topological polar surface area (TPSA) is 66.4 Å². The van der Waals surface area contributed by atoms with Gasteiger partial charge in [-0.25, -0.2) is 0 Å². The number of nitrogens with one attached hydrogen (secondary N) is 1. The number of carboxylic acids is 1. The maximum absolute atomic E-state index is 11.9. The molecule has 2 atom stereocenters. The Kier molecular flexibility index (Phi) is 3.61. The van der Waals surface area contributed by atoms with Crippen LogP contribution in [-0.4, -0.2) is 23.0 Å². The highest BCUT2D eigenvalue weighted by Crippen LogP contribution is 2.33. The van der Waals surface area contributed by atoms with Crippen molar-refractivity contribution in [2.24, 2.45) is 17.3 Å². The fraction of sp³-hybridized carbons (Fsp3) is 0.833. The van der Waals surface area contributed by atoms with Crippen molar-refractivity contribution in [2.45, 2.75) is 46.6 Å². The molecule has 16 heavy (non-hydrogen) atoms. The summed E-state index contributed by atoms with van der Waals surface area (Å²) >= 11 is 0. The smallest absolute Gasteiger partial charge is 0.316 e. The summed E-state index contributed by atoms with van der Waals surface area (Å²) < 4.78 is 0. The molecule has 1 fully saturated rings. The SMILES string of the molecule is CC(NC(=O)C(C(=O)O)C(C)(C)C)C1CC1. The van der Waals surface area contributed by atoms with E-state index in [-0.39, 0.29) is 11.9 Å². The van der Waals surface area contributed by atoms with E-state index in [9.17, 15) is 9.59 Å². The summed E-state index contributed by atoms with van der Waals surface area (Å²) in [5.41, 5.74) is -0.556. The van der Waals surface area contributed by atoms with E-state index >= 15 is 0 Å². The molecule has 1 saturated carbocycles. The summed E-state index contributed by atoms with van der Waals surface area (Å²) in [6.45, 7) is 7.25. The predicted octanol–water partition coefficient (Wildman–Crippen LogP) is 1.65. The standard InChI is InChI=1S/C12H21NO3/c1-7(8-5-6-8)13-10(14)9(11(15)16)12(2,3)4/h7-9H,5-6H2,1-4H3,(H,13,14)(H,15,16). The molecule has 0 saturated heterocycles. The lowest BCUT2D eigenvalue weighted by Gasteiger charge is -2.27. The van der Waals surface area contributed by atoms with Gasteiger partial charge in [-0.3, -0.25) is 9.59 Å². The Morgan fingerprint density at radius 1 is 1.31 bits per heavy atom. The van der Waals surface area contributed by atoms with E-state index in [1.54, 1.807) is 20.8 Å². The number of carboxylic acid groups (broad SMARTS) is 1. The van der Waals surface area contributed by atoms with Crippen molar-refractivity contribution in [2.75, 3.05) is 0 Å². The summed E-state index contributed by atoms with van der Waals surface area (Å²) in [6, 6.07) is 0.0942. The Labute approximate surface area is 96.4 Å². The molecule has 4 nitrogen and oxygen atoms in total. The molecule has 0 bridgehead atoms. The van der Waals surface area contributed by atoms with Crippen molar-refractivity contribution >= 4 is 11.9 Å². The van der Waals surface area contributed by atoms with E-state index in [4.69, 9.17) is 5.11 Å². The molecule has 1 aliphatic carbocycles. The van der Waals surface area contributed by atoms with Gasteiger partial charge >= 0.3 is 5.97 Å². The Morgan fingerprint density at radius 3 is 2.12 bits per heavy atom. The van der Waals surface area contributed by atoms with E-state index in [1.807, 2.05) is 6.92 Å². The Hall–Kier alpha value is -1.06. The fourth-order valence-electron chi connectivity index (χ4n) is 1.90. The number of amides is 1. The predicted molar refractivity (Wildman–Crippen MR) is 60.9 cm³/mol. The molecule has 1 rings (SSSR count). The zero-order valence-electron chi connectivity index (χ0n) is 10.4. The van der Waals surface area contributed by atoms with E-state index in [1.165, 1.54) is 0 Å². The summed E-state index contributed by atoms with van der Waals surface area (Å²) in [6.07, 6.45) is 2.27. The third-order valence-corrected chi connectivity index (χ3v) is 3.07. The van der Waals surface area contributed by atoms with Crippen LogP contribution < -0.4 is 5.32 Å². The Balaban J connectivity index is 2.64. The number of carbonyl (C=O) groups is 2. The van der Waals surface area contributed by atoms with Crippen LogP contribution in [0.15, 0.2) is 0 Å². The van der Waals surface area contributed by atoms with Gasteiger partial charge in [0, 0.05) is 6.04 Å². The first-order valence-electron chi connectivity index (χ1n) is 5.76. The van der Waals surface area contributed by atoms with Crippen molar-refractivity contribution in [3.63, 3.8) is 0 Å². The van der Waals surface area contributed by atoms with Crippen LogP contribution in [0.2, 0.25) is 0 Å². The molecule has 0 radical (unpaired) electrons. The van der Waals surface area contributed by atoms with Crippen LogP contribution in [0.1, 0.15) is 40.5 Å². The molecule has 2 N–H and O–H groups in total. The van der Waals surface area contributed by atoms with Gasteiger partial charge in [-0.05, 0) is 31.1 Å². The van der Waals surface area contributed by atoms with Gasteiger partial charge in [0.25, 0.3) is 0 Å². The molecule has 1 amide bonds. The second kappa shape index (κ2) is 4.44. The van der Waals surface area contributed by atoms with E-state index in [0.717, 1.165) is 12.8 Å². The molecule has 0 aromatic carbocycles. The highest BCUT2D eigenvalue weighted by atomic mass is 16.4. The number of carbonyl (C=O) groups excluding carboxylic acids is 1. The first-order chi connectivity index (χ1) is 7.23. The number of hydrogen-bond donors (Lipinski definition) is 2. The minimum Gasteiger partial charge on any atom is -0.481 e. The molecular weight excluding hydrogens is 206 g/mol. The lowest BCUT2D eigenvalue weighted by Crippen LogP contribution is -2.46. The van der Waals surface area contributed by atoms with E-state index < -0.39 is 17.3 Å². The lowest BCUT2D eigenvalue weighted by atomic mass is 9.80. The minimum atomic E-state index is -1.05. The van der Waals surface area contributed by atoms with Crippen LogP contribution in [0.4, 0.5) is 0 Å². The van der Waals surface area contributed by atoms with E-state index in [0.29, 0.717) is 5.92 Å². The zero-order valence-corrected chi connectivity index (χ0v) is 10.4. The largest absolute Gasteiger partial charge is 0.481 e. The normalized spacial score (nSPS) is 20.0. The maximum atomic E-state index is 11.9. The number of rotatable bonds is 4. The van der Waals surface area contributed by atoms with Crippen LogP contribution in [-0.2, 0) is 9.59 Å². The van der Waals surface area contributed by atoms with Crippen LogP contribution in [0.5, 0.6) is 0 Å². The summed E-state index contributed by atoms with van der Waals surface area (Å²) in [4.78, 5) is 23.0. The van der Waals surface area contributed by atoms with Crippen LogP contribution in [0.3, 0.4) is 0 Å². The van der Waals surface area contributed by atoms with Gasteiger partial charge in [0.15, 0.2) is 0 Å². The molecule has 1 aliphatic rings. The lowest BCUT2D eigenvalue weighted by molar-refractivity contribution is -0.151. The molecular formula is C12H21NO3. The summed E-state index contributed by atoms with van der Waals surface area (Å²) in [5.74, 6) is -1.85. The van der Waals surface area contributed by atoms with Gasteiger partial charge in [-0.1, -0.05) is 20.8 Å². The van der Waals surface area contributed by atoms with Crippen LogP contribution in [0, 0.1) is 17.3 Å². The second-order valence-electron chi connectivity index (χ2n) is 5.77. The molecule has 0 aromatic rings. The average Bonchev–Trinajstić information content (AvgIpc) is 2.80. The van der Waals surface area contributed by atoms with Gasteiger partial charge < -0.3 is 10.4 Å². The summed E-state index contributed by atoms with van der Waals surface area (Å²) in [7, 11) is 0. The highest BCUT2D eigenvalue weighted by molar-refractivity contribution is 5.97. The quantitative estimate of drug-likeness (QED) is 0.718.